The Morgan fingerprint density at radius 2 is 2.07 bits per heavy atom. The van der Waals surface area contributed by atoms with E-state index < -0.39 is 10.8 Å². The van der Waals surface area contributed by atoms with E-state index in [9.17, 15) is 4.21 Å². The van der Waals surface area contributed by atoms with Crippen LogP contribution >= 0.6 is 0 Å². The first-order valence-corrected chi connectivity index (χ1v) is 7.48. The Morgan fingerprint density at radius 3 is 2.73 bits per heavy atom. The molecule has 0 bridgehead atoms. The maximum atomic E-state index is 10.8. The summed E-state index contributed by atoms with van der Waals surface area (Å²) in [5, 5.41) is 0. The van der Waals surface area contributed by atoms with Gasteiger partial charge in [0.15, 0.2) is 0 Å². The van der Waals surface area contributed by atoms with Gasteiger partial charge in [-0.1, -0.05) is 0 Å². The van der Waals surface area contributed by atoms with Crippen LogP contribution in [0, 0.1) is 5.92 Å². The summed E-state index contributed by atoms with van der Waals surface area (Å²) in [5.41, 5.74) is 1.49. The van der Waals surface area contributed by atoms with E-state index >= 15 is 0 Å². The lowest BCUT2D eigenvalue weighted by molar-refractivity contribution is 0.232. The van der Waals surface area contributed by atoms with Crippen molar-refractivity contribution in [2.24, 2.45) is 5.92 Å². The van der Waals surface area contributed by atoms with Gasteiger partial charge in [-0.2, -0.15) is 0 Å². The third-order valence-corrected chi connectivity index (χ3v) is 4.90. The van der Waals surface area contributed by atoms with Crippen LogP contribution < -0.4 is 0 Å². The number of ether oxygens (including phenoxy) is 1. The molecule has 86 valence electrons. The van der Waals surface area contributed by atoms with E-state index in [0.717, 1.165) is 24.5 Å². The highest BCUT2D eigenvalue weighted by Crippen LogP contribution is 2.23. The number of rotatable bonds is 5. The second-order valence-corrected chi connectivity index (χ2v) is 6.18. The molecule has 15 heavy (non-hydrogen) atoms. The van der Waals surface area contributed by atoms with Crippen LogP contribution in [0.15, 0.2) is 11.8 Å². The molecule has 0 aromatic heterocycles. The second kappa shape index (κ2) is 5.69. The molecule has 2 fully saturated rings. The normalized spacial score (nSPS) is 30.0. The van der Waals surface area contributed by atoms with E-state index in [1.54, 1.807) is 0 Å². The Kier molecular flexibility index (Phi) is 4.24. The lowest BCUT2D eigenvalue weighted by Gasteiger charge is -2.24. The molecule has 0 aromatic rings. The zero-order chi connectivity index (χ0) is 10.5. The lowest BCUT2D eigenvalue weighted by Crippen LogP contribution is -2.30. The molecule has 1 heterocycles. The van der Waals surface area contributed by atoms with Crippen LogP contribution in [0.3, 0.4) is 0 Å². The number of hydrogen-bond acceptors (Lipinski definition) is 2. The van der Waals surface area contributed by atoms with E-state index in [0.29, 0.717) is 5.92 Å². The third-order valence-electron chi connectivity index (χ3n) is 3.21. The van der Waals surface area contributed by atoms with Crippen molar-refractivity contribution in [2.75, 3.05) is 18.1 Å². The minimum absolute atomic E-state index is 0.484. The Labute approximate surface area is 94.5 Å². The van der Waals surface area contributed by atoms with Crippen LogP contribution in [0.1, 0.15) is 38.5 Å². The maximum Gasteiger partial charge on any atom is 0.0873 e. The molecule has 1 aliphatic heterocycles. The smallest absolute Gasteiger partial charge is 0.0873 e. The van der Waals surface area contributed by atoms with Crippen molar-refractivity contribution >= 4 is 10.8 Å². The van der Waals surface area contributed by atoms with Crippen LogP contribution in [-0.4, -0.2) is 22.3 Å². The highest BCUT2D eigenvalue weighted by molar-refractivity contribution is 7.86. The summed E-state index contributed by atoms with van der Waals surface area (Å²) in [6.07, 6.45) is 9.43. The molecule has 2 aliphatic rings. The average Bonchev–Trinajstić information content (AvgIpc) is 2.67. The molecule has 0 atom stereocenters. The molecule has 2 rings (SSSR count). The lowest BCUT2D eigenvalue weighted by atomic mass is 10.1. The predicted octanol–water partition coefficient (Wildman–Crippen LogP) is 2.62. The zero-order valence-corrected chi connectivity index (χ0v) is 10.1. The van der Waals surface area contributed by atoms with E-state index in [-0.39, 0.29) is 0 Å². The van der Waals surface area contributed by atoms with E-state index in [1.807, 2.05) is 6.26 Å². The number of allylic oxidation sites excluding steroid dienone is 1. The van der Waals surface area contributed by atoms with Crippen molar-refractivity contribution in [3.63, 3.8) is 0 Å². The molecule has 0 unspecified atom stereocenters. The van der Waals surface area contributed by atoms with Crippen molar-refractivity contribution in [3.05, 3.63) is 11.8 Å². The summed E-state index contributed by atoms with van der Waals surface area (Å²) in [5.74, 6) is 2.58. The van der Waals surface area contributed by atoms with Crippen LogP contribution in [-0.2, 0) is 15.5 Å². The minimum atomic E-state index is -0.484. The van der Waals surface area contributed by atoms with Gasteiger partial charge in [0, 0.05) is 22.3 Å². The molecule has 1 aliphatic carbocycles. The van der Waals surface area contributed by atoms with Crippen molar-refractivity contribution in [1.82, 2.24) is 0 Å². The van der Waals surface area contributed by atoms with E-state index in [1.165, 1.54) is 37.7 Å². The summed E-state index contributed by atoms with van der Waals surface area (Å²) >= 11 is 0. The van der Waals surface area contributed by atoms with Crippen molar-refractivity contribution in [3.8, 4) is 0 Å². The van der Waals surface area contributed by atoms with Gasteiger partial charge in [0.05, 0.1) is 12.9 Å². The minimum Gasteiger partial charge on any atom is -0.501 e. The molecule has 0 spiro atoms. The SMILES string of the molecule is O=S1CC(CCCOC=C2CCCC2)C1. The Morgan fingerprint density at radius 1 is 1.33 bits per heavy atom. The van der Waals surface area contributed by atoms with E-state index in [2.05, 4.69) is 0 Å². The number of hydrogen-bond donors (Lipinski definition) is 0. The first-order chi connectivity index (χ1) is 7.34. The standard InChI is InChI=1S/C12H20O2S/c13-15-9-12(10-15)6-3-7-14-8-11-4-1-2-5-11/h8,12H,1-7,9-10H2. The Bertz CT molecular complexity index is 244. The first-order valence-electron chi connectivity index (χ1n) is 5.99. The second-order valence-electron chi connectivity index (χ2n) is 4.64. The molecular formula is C12H20O2S. The fourth-order valence-electron chi connectivity index (χ4n) is 2.22. The molecule has 2 nitrogen and oxygen atoms in total. The van der Waals surface area contributed by atoms with Gasteiger partial charge in [0.1, 0.15) is 0 Å². The highest BCUT2D eigenvalue weighted by atomic mass is 32.2. The highest BCUT2D eigenvalue weighted by Gasteiger charge is 2.24. The van der Waals surface area contributed by atoms with Crippen LogP contribution in [0.25, 0.3) is 0 Å². The van der Waals surface area contributed by atoms with Gasteiger partial charge in [0.25, 0.3) is 0 Å². The van der Waals surface area contributed by atoms with Gasteiger partial charge in [-0.15, -0.1) is 0 Å². The van der Waals surface area contributed by atoms with Crippen molar-refractivity contribution < 1.29 is 8.95 Å². The fourth-order valence-corrected chi connectivity index (χ4v) is 3.51. The first kappa shape index (κ1) is 11.2. The van der Waals surface area contributed by atoms with E-state index in [4.69, 9.17) is 4.74 Å². The monoisotopic (exact) mass is 228 g/mol. The largest absolute Gasteiger partial charge is 0.501 e. The summed E-state index contributed by atoms with van der Waals surface area (Å²) in [7, 11) is -0.484. The quantitative estimate of drug-likeness (QED) is 0.534. The zero-order valence-electron chi connectivity index (χ0n) is 9.24. The van der Waals surface area contributed by atoms with Crippen molar-refractivity contribution in [1.29, 1.82) is 0 Å². The topological polar surface area (TPSA) is 26.3 Å². The van der Waals surface area contributed by atoms with Gasteiger partial charge in [-0.3, -0.25) is 4.21 Å². The van der Waals surface area contributed by atoms with Gasteiger partial charge in [0.2, 0.25) is 0 Å². The molecular weight excluding hydrogens is 208 g/mol. The Hall–Kier alpha value is -0.310. The van der Waals surface area contributed by atoms with Crippen LogP contribution in [0.5, 0.6) is 0 Å². The molecule has 1 saturated carbocycles. The maximum absolute atomic E-state index is 10.8. The molecule has 0 amide bonds. The molecule has 3 heteroatoms. The molecule has 1 saturated heterocycles. The van der Waals surface area contributed by atoms with Crippen LogP contribution in [0.2, 0.25) is 0 Å². The van der Waals surface area contributed by atoms with Gasteiger partial charge < -0.3 is 4.74 Å². The van der Waals surface area contributed by atoms with Gasteiger partial charge in [-0.05, 0) is 50.0 Å². The van der Waals surface area contributed by atoms with Crippen LogP contribution in [0.4, 0.5) is 0 Å². The predicted molar refractivity (Wildman–Crippen MR) is 63.1 cm³/mol. The van der Waals surface area contributed by atoms with Gasteiger partial charge >= 0.3 is 0 Å². The molecule has 0 radical (unpaired) electrons. The summed E-state index contributed by atoms with van der Waals surface area (Å²) in [4.78, 5) is 0. The fraction of sp³-hybridized carbons (Fsp3) is 0.833. The summed E-state index contributed by atoms with van der Waals surface area (Å²) in [6.45, 7) is 0.840. The van der Waals surface area contributed by atoms with Crippen molar-refractivity contribution in [2.45, 2.75) is 38.5 Å². The summed E-state index contributed by atoms with van der Waals surface area (Å²) in [6, 6.07) is 0. The summed E-state index contributed by atoms with van der Waals surface area (Å²) < 4.78 is 16.4. The third kappa shape index (κ3) is 3.63. The Balaban J connectivity index is 1.48. The molecule has 0 aromatic carbocycles. The average molecular weight is 228 g/mol. The van der Waals surface area contributed by atoms with Gasteiger partial charge in [-0.25, -0.2) is 0 Å². The molecule has 0 N–H and O–H groups in total.